The number of hydrogen-bond acceptors (Lipinski definition) is 4. The van der Waals surface area contributed by atoms with Gasteiger partial charge >= 0.3 is 5.97 Å². The third-order valence-electron chi connectivity index (χ3n) is 4.70. The lowest BCUT2D eigenvalue weighted by atomic mass is 10.0. The molecule has 3 N–H and O–H groups in total. The highest BCUT2D eigenvalue weighted by atomic mass is 32.2. The molecular weight excluding hydrogens is 380 g/mol. The van der Waals surface area contributed by atoms with Crippen LogP contribution in [0, 0.1) is 0 Å². The number of carbonyl (C=O) groups is 1. The van der Waals surface area contributed by atoms with Crippen LogP contribution < -0.4 is 0 Å². The molecule has 1 heterocycles. The van der Waals surface area contributed by atoms with Crippen molar-refractivity contribution in [2.24, 2.45) is 7.05 Å². The number of benzene rings is 2. The summed E-state index contributed by atoms with van der Waals surface area (Å²) in [6.45, 7) is 0.471. The van der Waals surface area contributed by atoms with Gasteiger partial charge in [0, 0.05) is 30.1 Å². The van der Waals surface area contributed by atoms with Crippen LogP contribution in [0.1, 0.15) is 32.4 Å². The molecule has 2 aromatic carbocycles. The van der Waals surface area contributed by atoms with E-state index in [-0.39, 0.29) is 17.0 Å². The average molecular weight is 402 g/mol. The topological polar surface area (TPSA) is 103 Å². The van der Waals surface area contributed by atoms with E-state index in [1.165, 1.54) is 6.07 Å². The van der Waals surface area contributed by atoms with E-state index in [4.69, 9.17) is 0 Å². The van der Waals surface area contributed by atoms with E-state index in [0.717, 1.165) is 0 Å². The highest BCUT2D eigenvalue weighted by Gasteiger charge is 2.32. The van der Waals surface area contributed by atoms with Crippen LogP contribution in [0.4, 0.5) is 0 Å². The molecule has 2 atom stereocenters. The van der Waals surface area contributed by atoms with Crippen LogP contribution in [0.2, 0.25) is 0 Å². The van der Waals surface area contributed by atoms with E-state index < -0.39 is 22.3 Å². The summed E-state index contributed by atoms with van der Waals surface area (Å²) in [6, 6.07) is 11.8. The van der Waals surface area contributed by atoms with E-state index in [0.29, 0.717) is 28.6 Å². The Bertz CT molecular complexity index is 1060. The van der Waals surface area contributed by atoms with Crippen LogP contribution in [0.25, 0.3) is 10.9 Å². The zero-order valence-electron chi connectivity index (χ0n) is 15.8. The molecule has 0 saturated heterocycles. The molecule has 0 aliphatic heterocycles. The second-order valence-corrected chi connectivity index (χ2v) is 7.95. The van der Waals surface area contributed by atoms with Gasteiger partial charge in [-0.1, -0.05) is 30.3 Å². The number of nitrogens with zero attached hydrogens (tertiary/aromatic N) is 2. The number of aromatic hydroxyl groups is 1. The molecule has 3 rings (SSSR count). The summed E-state index contributed by atoms with van der Waals surface area (Å²) >= 11 is -2.34. The number of aromatic nitrogens is 1. The number of rotatable bonds is 6. The van der Waals surface area contributed by atoms with Gasteiger partial charge in [0.15, 0.2) is 11.1 Å². The number of fused-ring (bicyclic) bond motifs is 1. The summed E-state index contributed by atoms with van der Waals surface area (Å²) in [4.78, 5) is 14.0. The van der Waals surface area contributed by atoms with Crippen molar-refractivity contribution >= 4 is 28.0 Å². The van der Waals surface area contributed by atoms with Crippen LogP contribution in [-0.2, 0) is 24.7 Å². The fourth-order valence-electron chi connectivity index (χ4n) is 3.53. The quantitative estimate of drug-likeness (QED) is 0.548. The maximum atomic E-state index is 12.2. The van der Waals surface area contributed by atoms with Gasteiger partial charge in [-0.3, -0.25) is 0 Å². The third kappa shape index (κ3) is 3.54. The summed E-state index contributed by atoms with van der Waals surface area (Å²) in [7, 11) is 5.40. The van der Waals surface area contributed by atoms with Crippen molar-refractivity contribution < 1.29 is 23.8 Å². The Morgan fingerprint density at radius 2 is 1.86 bits per heavy atom. The van der Waals surface area contributed by atoms with Crippen LogP contribution in [-0.4, -0.2) is 48.5 Å². The predicted molar refractivity (Wildman–Crippen MR) is 108 cm³/mol. The minimum Gasteiger partial charge on any atom is -0.508 e. The van der Waals surface area contributed by atoms with Gasteiger partial charge in [0.1, 0.15) is 11.0 Å². The Hall–Kier alpha value is -2.68. The minimum atomic E-state index is -2.34. The zero-order valence-corrected chi connectivity index (χ0v) is 16.6. The predicted octanol–water partition coefficient (Wildman–Crippen LogP) is 2.95. The van der Waals surface area contributed by atoms with Crippen LogP contribution in [0.15, 0.2) is 42.5 Å². The first-order valence-electron chi connectivity index (χ1n) is 8.59. The van der Waals surface area contributed by atoms with E-state index in [1.807, 2.05) is 19.0 Å². The highest BCUT2D eigenvalue weighted by molar-refractivity contribution is 7.79. The lowest BCUT2D eigenvalue weighted by Gasteiger charge is -2.16. The maximum absolute atomic E-state index is 12.2. The Kier molecular flexibility index (Phi) is 5.55. The van der Waals surface area contributed by atoms with Crippen LogP contribution in [0.3, 0.4) is 0 Å². The molecule has 0 fully saturated rings. The first-order chi connectivity index (χ1) is 13.2. The molecule has 1 aromatic heterocycles. The second-order valence-electron chi connectivity index (χ2n) is 6.93. The molecule has 3 aromatic rings. The van der Waals surface area contributed by atoms with Gasteiger partial charge in [-0.15, -0.1) is 0 Å². The molecule has 0 spiro atoms. The Morgan fingerprint density at radius 3 is 2.39 bits per heavy atom. The molecule has 148 valence electrons. The Balaban J connectivity index is 2.35. The Labute approximate surface area is 165 Å². The Morgan fingerprint density at radius 1 is 1.21 bits per heavy atom. The number of phenols is 1. The number of hydrogen-bond donors (Lipinski definition) is 3. The van der Waals surface area contributed by atoms with Gasteiger partial charge < -0.3 is 24.2 Å². The molecule has 28 heavy (non-hydrogen) atoms. The van der Waals surface area contributed by atoms with Crippen molar-refractivity contribution in [3.05, 3.63) is 64.8 Å². The summed E-state index contributed by atoms with van der Waals surface area (Å²) < 4.78 is 23.9. The maximum Gasteiger partial charge on any atom is 0.338 e. The van der Waals surface area contributed by atoms with E-state index in [9.17, 15) is 23.8 Å². The molecule has 0 bridgehead atoms. The molecule has 0 saturated carbocycles. The van der Waals surface area contributed by atoms with E-state index in [1.54, 1.807) is 48.0 Å². The van der Waals surface area contributed by atoms with Gasteiger partial charge in [0.2, 0.25) is 0 Å². The minimum absolute atomic E-state index is 0.0118. The largest absolute Gasteiger partial charge is 0.508 e. The number of phenolic OH excluding ortho intramolecular Hbond substituents is 1. The van der Waals surface area contributed by atoms with Crippen LogP contribution in [0.5, 0.6) is 5.75 Å². The fourth-order valence-corrected chi connectivity index (χ4v) is 4.39. The lowest BCUT2D eigenvalue weighted by molar-refractivity contribution is 0.0697. The normalized spacial score (nSPS) is 13.8. The van der Waals surface area contributed by atoms with E-state index >= 15 is 0 Å². The van der Waals surface area contributed by atoms with Gasteiger partial charge in [0.05, 0.1) is 11.3 Å². The van der Waals surface area contributed by atoms with Gasteiger partial charge in [-0.05, 0) is 31.8 Å². The average Bonchev–Trinajstić information content (AvgIpc) is 2.88. The summed E-state index contributed by atoms with van der Waals surface area (Å²) in [5.41, 5.74) is 1.89. The lowest BCUT2D eigenvalue weighted by Crippen LogP contribution is -2.15. The highest BCUT2D eigenvalue weighted by Crippen LogP contribution is 2.38. The number of carboxylic acids is 1. The van der Waals surface area contributed by atoms with Crippen molar-refractivity contribution in [1.29, 1.82) is 0 Å². The fraction of sp³-hybridized carbons (Fsp3) is 0.250. The van der Waals surface area contributed by atoms with Gasteiger partial charge in [0.25, 0.3) is 0 Å². The summed E-state index contributed by atoms with van der Waals surface area (Å²) in [5, 5.41) is 19.6. The van der Waals surface area contributed by atoms with Crippen molar-refractivity contribution in [2.45, 2.75) is 11.8 Å². The second kappa shape index (κ2) is 7.75. The SMILES string of the molecule is CN(C)Cc1cc2c(cc1O)c(C(=O)O)c(C(c1ccccc1)S(=O)O)n2C. The van der Waals surface area contributed by atoms with Crippen molar-refractivity contribution in [3.8, 4) is 5.75 Å². The molecule has 2 unspecified atom stereocenters. The zero-order chi connectivity index (χ0) is 20.6. The molecule has 7 nitrogen and oxygen atoms in total. The molecule has 0 radical (unpaired) electrons. The summed E-state index contributed by atoms with van der Waals surface area (Å²) in [5.74, 6) is -1.23. The standard InChI is InChI=1S/C20H22N2O5S/c1-21(2)11-13-9-15-14(10-16(13)23)17(20(24)25)18(22(15)3)19(28(26)27)12-7-5-4-6-8-12/h4-10,19,23H,11H2,1-3H3,(H,24,25)(H,26,27). The van der Waals surface area contributed by atoms with Crippen molar-refractivity contribution in [2.75, 3.05) is 14.1 Å². The van der Waals surface area contributed by atoms with Gasteiger partial charge in [-0.2, -0.15) is 0 Å². The monoisotopic (exact) mass is 402 g/mol. The van der Waals surface area contributed by atoms with Crippen LogP contribution >= 0.6 is 0 Å². The first-order valence-corrected chi connectivity index (χ1v) is 9.76. The van der Waals surface area contributed by atoms with E-state index in [2.05, 4.69) is 0 Å². The van der Waals surface area contributed by atoms with Gasteiger partial charge in [-0.25, -0.2) is 9.00 Å². The van der Waals surface area contributed by atoms with Crippen molar-refractivity contribution in [3.63, 3.8) is 0 Å². The first kappa shape index (κ1) is 20.1. The number of aromatic carboxylic acids is 1. The molecular formula is C20H22N2O5S. The summed E-state index contributed by atoms with van der Waals surface area (Å²) in [6.07, 6.45) is 0. The third-order valence-corrected chi connectivity index (χ3v) is 5.60. The van der Waals surface area contributed by atoms with Crippen molar-refractivity contribution in [1.82, 2.24) is 9.47 Å². The molecule has 8 heteroatoms. The smallest absolute Gasteiger partial charge is 0.338 e. The number of carboxylic acid groups (broad SMARTS) is 1. The molecule has 0 aliphatic rings. The molecule has 0 amide bonds. The number of aryl methyl sites for hydroxylation is 1. The molecule has 0 aliphatic carbocycles.